The third kappa shape index (κ3) is 3.90. The van der Waals surface area contributed by atoms with Crippen LogP contribution in [0, 0.1) is 5.92 Å². The molecule has 86 valence electrons. The third-order valence-corrected chi connectivity index (χ3v) is 3.00. The SMILES string of the molecule is CCC1CCN(C(=O)CCCC(=O)O)C1. The molecule has 1 rings (SSSR count). The average molecular weight is 213 g/mol. The Balaban J connectivity index is 2.20. The van der Waals surface area contributed by atoms with Crippen molar-refractivity contribution in [1.82, 2.24) is 4.90 Å². The van der Waals surface area contributed by atoms with Crippen LogP contribution in [0.3, 0.4) is 0 Å². The zero-order valence-corrected chi connectivity index (χ0v) is 9.24. The molecular formula is C11H19NO3. The molecule has 1 heterocycles. The van der Waals surface area contributed by atoms with Crippen LogP contribution in [0.4, 0.5) is 0 Å². The van der Waals surface area contributed by atoms with E-state index in [1.54, 1.807) is 0 Å². The number of amides is 1. The molecule has 0 aromatic carbocycles. The largest absolute Gasteiger partial charge is 0.481 e. The van der Waals surface area contributed by atoms with Crippen molar-refractivity contribution >= 4 is 11.9 Å². The van der Waals surface area contributed by atoms with Crippen molar-refractivity contribution in [3.8, 4) is 0 Å². The molecule has 1 saturated heterocycles. The molecule has 1 aliphatic heterocycles. The second-order valence-corrected chi connectivity index (χ2v) is 4.15. The fourth-order valence-corrected chi connectivity index (χ4v) is 1.94. The van der Waals surface area contributed by atoms with Gasteiger partial charge in [0.2, 0.25) is 5.91 Å². The third-order valence-electron chi connectivity index (χ3n) is 3.00. The smallest absolute Gasteiger partial charge is 0.303 e. The maximum Gasteiger partial charge on any atom is 0.303 e. The summed E-state index contributed by atoms with van der Waals surface area (Å²) in [5, 5.41) is 8.45. The van der Waals surface area contributed by atoms with Crippen molar-refractivity contribution in [2.24, 2.45) is 5.92 Å². The summed E-state index contributed by atoms with van der Waals surface area (Å²) in [6.07, 6.45) is 3.15. The summed E-state index contributed by atoms with van der Waals surface area (Å²) < 4.78 is 0. The van der Waals surface area contributed by atoms with Gasteiger partial charge in [-0.1, -0.05) is 13.3 Å². The molecule has 1 atom stereocenters. The lowest BCUT2D eigenvalue weighted by Crippen LogP contribution is -2.28. The number of carbonyl (C=O) groups is 2. The van der Waals surface area contributed by atoms with Crippen LogP contribution >= 0.6 is 0 Å². The number of carboxylic acids is 1. The Bertz CT molecular complexity index is 240. The van der Waals surface area contributed by atoms with Crippen molar-refractivity contribution in [1.29, 1.82) is 0 Å². The van der Waals surface area contributed by atoms with Gasteiger partial charge in [-0.25, -0.2) is 0 Å². The maximum atomic E-state index is 11.6. The first-order chi connectivity index (χ1) is 7.13. The zero-order valence-electron chi connectivity index (χ0n) is 9.24. The summed E-state index contributed by atoms with van der Waals surface area (Å²) in [5.74, 6) is -0.0590. The summed E-state index contributed by atoms with van der Waals surface area (Å²) in [6, 6.07) is 0. The van der Waals surface area contributed by atoms with Crippen molar-refractivity contribution in [2.75, 3.05) is 13.1 Å². The standard InChI is InChI=1S/C11H19NO3/c1-2-9-6-7-12(8-9)10(13)4-3-5-11(14)15/h9H,2-8H2,1H3,(H,14,15). The molecule has 0 bridgehead atoms. The number of nitrogens with zero attached hydrogens (tertiary/aromatic N) is 1. The highest BCUT2D eigenvalue weighted by Crippen LogP contribution is 2.19. The topological polar surface area (TPSA) is 57.6 Å². The average Bonchev–Trinajstić information content (AvgIpc) is 2.65. The Morgan fingerprint density at radius 1 is 1.40 bits per heavy atom. The van der Waals surface area contributed by atoms with Crippen molar-refractivity contribution < 1.29 is 14.7 Å². The molecule has 0 aromatic rings. The molecule has 0 radical (unpaired) electrons. The van der Waals surface area contributed by atoms with E-state index in [1.807, 2.05) is 4.90 Å². The second-order valence-electron chi connectivity index (χ2n) is 4.15. The van der Waals surface area contributed by atoms with Gasteiger partial charge >= 0.3 is 5.97 Å². The van der Waals surface area contributed by atoms with Gasteiger partial charge in [0, 0.05) is 25.9 Å². The molecule has 0 spiro atoms. The molecule has 1 unspecified atom stereocenters. The molecule has 1 fully saturated rings. The Morgan fingerprint density at radius 2 is 2.13 bits per heavy atom. The molecule has 1 amide bonds. The van der Waals surface area contributed by atoms with Gasteiger partial charge in [0.05, 0.1) is 0 Å². The number of hydrogen-bond donors (Lipinski definition) is 1. The molecule has 0 aromatic heterocycles. The van der Waals surface area contributed by atoms with E-state index in [0.717, 1.165) is 25.9 Å². The summed E-state index contributed by atoms with van der Waals surface area (Å²) in [6.45, 7) is 3.86. The van der Waals surface area contributed by atoms with Crippen LogP contribution < -0.4 is 0 Å². The fraction of sp³-hybridized carbons (Fsp3) is 0.818. The van der Waals surface area contributed by atoms with Crippen LogP contribution in [0.15, 0.2) is 0 Å². The lowest BCUT2D eigenvalue weighted by atomic mass is 10.1. The molecule has 1 N–H and O–H groups in total. The zero-order chi connectivity index (χ0) is 11.3. The van der Waals surface area contributed by atoms with Gasteiger partial charge in [-0.05, 0) is 18.8 Å². The number of hydrogen-bond acceptors (Lipinski definition) is 2. The minimum absolute atomic E-state index is 0.0940. The monoisotopic (exact) mass is 213 g/mol. The normalized spacial score (nSPS) is 20.6. The minimum Gasteiger partial charge on any atom is -0.481 e. The van der Waals surface area contributed by atoms with Crippen LogP contribution in [0.1, 0.15) is 39.0 Å². The van der Waals surface area contributed by atoms with E-state index in [1.165, 1.54) is 0 Å². The van der Waals surface area contributed by atoms with E-state index in [9.17, 15) is 9.59 Å². The predicted octanol–water partition coefficient (Wildman–Crippen LogP) is 1.50. The fourth-order valence-electron chi connectivity index (χ4n) is 1.94. The second kappa shape index (κ2) is 5.73. The molecule has 1 aliphatic rings. The highest BCUT2D eigenvalue weighted by atomic mass is 16.4. The van der Waals surface area contributed by atoms with Crippen LogP contribution in [-0.2, 0) is 9.59 Å². The minimum atomic E-state index is -0.823. The number of aliphatic carboxylic acids is 1. The van der Waals surface area contributed by atoms with E-state index >= 15 is 0 Å². The number of carbonyl (C=O) groups excluding carboxylic acids is 1. The lowest BCUT2D eigenvalue weighted by molar-refractivity contribution is -0.137. The van der Waals surface area contributed by atoms with Crippen molar-refractivity contribution in [2.45, 2.75) is 39.0 Å². The van der Waals surface area contributed by atoms with Gasteiger partial charge in [0.1, 0.15) is 0 Å². The Labute approximate surface area is 90.3 Å². The summed E-state index contributed by atoms with van der Waals surface area (Å²) in [7, 11) is 0. The first kappa shape index (κ1) is 12.0. The van der Waals surface area contributed by atoms with Gasteiger partial charge in [-0.3, -0.25) is 9.59 Å². The maximum absolute atomic E-state index is 11.6. The predicted molar refractivity (Wildman–Crippen MR) is 56.5 cm³/mol. The first-order valence-electron chi connectivity index (χ1n) is 5.63. The number of rotatable bonds is 5. The lowest BCUT2D eigenvalue weighted by Gasteiger charge is -2.15. The summed E-state index contributed by atoms with van der Waals surface area (Å²) in [5.41, 5.74) is 0. The molecule has 0 aliphatic carbocycles. The Hall–Kier alpha value is -1.06. The van der Waals surface area contributed by atoms with E-state index in [0.29, 0.717) is 18.8 Å². The van der Waals surface area contributed by atoms with Crippen molar-refractivity contribution in [3.05, 3.63) is 0 Å². The van der Waals surface area contributed by atoms with E-state index in [4.69, 9.17) is 5.11 Å². The van der Waals surface area contributed by atoms with Crippen LogP contribution in [0.5, 0.6) is 0 Å². The van der Waals surface area contributed by atoms with Gasteiger partial charge in [-0.2, -0.15) is 0 Å². The van der Waals surface area contributed by atoms with E-state index < -0.39 is 5.97 Å². The highest BCUT2D eigenvalue weighted by Gasteiger charge is 2.24. The van der Waals surface area contributed by atoms with Gasteiger partial charge in [-0.15, -0.1) is 0 Å². The summed E-state index contributed by atoms with van der Waals surface area (Å²) in [4.78, 5) is 23.8. The Kier molecular flexibility index (Phi) is 4.59. The highest BCUT2D eigenvalue weighted by molar-refractivity contribution is 5.77. The number of carboxylic acid groups (broad SMARTS) is 1. The Morgan fingerprint density at radius 3 is 2.67 bits per heavy atom. The molecular weight excluding hydrogens is 194 g/mol. The quantitative estimate of drug-likeness (QED) is 0.753. The van der Waals surface area contributed by atoms with Crippen LogP contribution in [-0.4, -0.2) is 35.0 Å². The molecule has 15 heavy (non-hydrogen) atoms. The molecule has 4 heteroatoms. The van der Waals surface area contributed by atoms with Gasteiger partial charge in [0.15, 0.2) is 0 Å². The van der Waals surface area contributed by atoms with Crippen LogP contribution in [0.25, 0.3) is 0 Å². The molecule has 0 saturated carbocycles. The van der Waals surface area contributed by atoms with Gasteiger partial charge in [0.25, 0.3) is 0 Å². The van der Waals surface area contributed by atoms with E-state index in [-0.39, 0.29) is 12.3 Å². The molecule has 4 nitrogen and oxygen atoms in total. The summed E-state index contributed by atoms with van der Waals surface area (Å²) >= 11 is 0. The van der Waals surface area contributed by atoms with Gasteiger partial charge < -0.3 is 10.0 Å². The number of likely N-dealkylation sites (tertiary alicyclic amines) is 1. The first-order valence-corrected chi connectivity index (χ1v) is 5.63. The van der Waals surface area contributed by atoms with Crippen molar-refractivity contribution in [3.63, 3.8) is 0 Å². The van der Waals surface area contributed by atoms with Crippen LogP contribution in [0.2, 0.25) is 0 Å². The van der Waals surface area contributed by atoms with E-state index in [2.05, 4.69) is 6.92 Å².